The van der Waals surface area contributed by atoms with Crippen LogP contribution in [-0.4, -0.2) is 30.0 Å². The molecule has 0 saturated heterocycles. The molecule has 0 unspecified atom stereocenters. The summed E-state index contributed by atoms with van der Waals surface area (Å²) in [6, 6.07) is 5.15. The van der Waals surface area contributed by atoms with Gasteiger partial charge >= 0.3 is 0 Å². The molecule has 1 aromatic carbocycles. The maximum atomic E-state index is 14.0. The minimum atomic E-state index is -0.204. The van der Waals surface area contributed by atoms with Crippen LogP contribution in [0.1, 0.15) is 5.56 Å². The lowest BCUT2D eigenvalue weighted by Crippen LogP contribution is -2.19. The number of ether oxygens (including phenoxy) is 1. The second-order valence-corrected chi connectivity index (χ2v) is 5.43. The zero-order valence-electron chi connectivity index (χ0n) is 11.6. The Hall–Kier alpha value is -1.37. The first-order valence-corrected chi connectivity index (χ1v) is 7.16. The van der Waals surface area contributed by atoms with Gasteiger partial charge in [-0.25, -0.2) is 4.39 Å². The lowest BCUT2D eigenvalue weighted by atomic mass is 10.2. The molecular formula is C14H18FN3OS. The Labute approximate surface area is 122 Å². The number of halogens is 1. The molecular weight excluding hydrogens is 277 g/mol. The highest BCUT2D eigenvalue weighted by molar-refractivity contribution is 7.99. The predicted octanol–water partition coefficient (Wildman–Crippen LogP) is 2.45. The molecule has 2 rings (SSSR count). The number of hydrogen-bond acceptors (Lipinski definition) is 4. The van der Waals surface area contributed by atoms with Crippen molar-refractivity contribution in [2.45, 2.75) is 16.3 Å². The fourth-order valence-corrected chi connectivity index (χ4v) is 2.75. The van der Waals surface area contributed by atoms with Crippen molar-refractivity contribution in [2.75, 3.05) is 20.3 Å². The second kappa shape index (κ2) is 7.42. The van der Waals surface area contributed by atoms with Crippen molar-refractivity contribution in [1.82, 2.24) is 15.1 Å². The number of hydrogen-bond donors (Lipinski definition) is 1. The molecule has 108 valence electrons. The van der Waals surface area contributed by atoms with Crippen LogP contribution in [0.3, 0.4) is 0 Å². The highest BCUT2D eigenvalue weighted by atomic mass is 32.2. The summed E-state index contributed by atoms with van der Waals surface area (Å²) < 4.78 is 20.7. The van der Waals surface area contributed by atoms with Gasteiger partial charge in [0.05, 0.1) is 22.6 Å². The van der Waals surface area contributed by atoms with Crippen LogP contribution < -0.4 is 5.32 Å². The van der Waals surface area contributed by atoms with E-state index >= 15 is 0 Å². The Kier molecular flexibility index (Phi) is 5.58. The summed E-state index contributed by atoms with van der Waals surface area (Å²) in [5.74, 6) is -0.204. The van der Waals surface area contributed by atoms with Crippen LogP contribution in [0.2, 0.25) is 0 Å². The maximum absolute atomic E-state index is 14.0. The number of methoxy groups -OCH3 is 1. The SMILES string of the molecule is COCCNCc1cccc(F)c1Sc1cnn(C)c1. The summed E-state index contributed by atoms with van der Waals surface area (Å²) in [4.78, 5) is 1.57. The third-order valence-electron chi connectivity index (χ3n) is 2.75. The smallest absolute Gasteiger partial charge is 0.137 e. The van der Waals surface area contributed by atoms with Gasteiger partial charge in [0.25, 0.3) is 0 Å². The Bertz CT molecular complexity index is 559. The molecule has 0 bridgehead atoms. The summed E-state index contributed by atoms with van der Waals surface area (Å²) in [7, 11) is 3.51. The van der Waals surface area contributed by atoms with E-state index in [1.54, 1.807) is 24.1 Å². The number of nitrogens with one attached hydrogen (secondary N) is 1. The molecule has 0 aliphatic rings. The zero-order chi connectivity index (χ0) is 14.4. The minimum Gasteiger partial charge on any atom is -0.383 e. The summed E-state index contributed by atoms with van der Waals surface area (Å²) in [5, 5.41) is 7.34. The van der Waals surface area contributed by atoms with E-state index in [9.17, 15) is 4.39 Å². The van der Waals surface area contributed by atoms with Crippen LogP contribution in [0.25, 0.3) is 0 Å². The Morgan fingerprint density at radius 2 is 2.30 bits per heavy atom. The van der Waals surface area contributed by atoms with E-state index in [2.05, 4.69) is 10.4 Å². The molecule has 1 heterocycles. The van der Waals surface area contributed by atoms with E-state index in [1.807, 2.05) is 19.3 Å². The van der Waals surface area contributed by atoms with Crippen LogP contribution >= 0.6 is 11.8 Å². The van der Waals surface area contributed by atoms with Gasteiger partial charge in [-0.05, 0) is 11.6 Å². The normalized spacial score (nSPS) is 10.9. The van der Waals surface area contributed by atoms with E-state index < -0.39 is 0 Å². The molecule has 4 nitrogen and oxygen atoms in total. The van der Waals surface area contributed by atoms with Crippen molar-refractivity contribution in [3.8, 4) is 0 Å². The van der Waals surface area contributed by atoms with E-state index in [-0.39, 0.29) is 5.82 Å². The molecule has 0 aliphatic carbocycles. The molecule has 0 spiro atoms. The first kappa shape index (κ1) is 15.0. The number of benzene rings is 1. The zero-order valence-corrected chi connectivity index (χ0v) is 12.4. The van der Waals surface area contributed by atoms with Crippen molar-refractivity contribution >= 4 is 11.8 Å². The topological polar surface area (TPSA) is 39.1 Å². The Morgan fingerprint density at radius 3 is 3.00 bits per heavy atom. The molecule has 1 aromatic heterocycles. The molecule has 0 atom stereocenters. The number of nitrogens with zero attached hydrogens (tertiary/aromatic N) is 2. The number of aryl methyl sites for hydroxylation is 1. The molecule has 0 amide bonds. The number of rotatable bonds is 7. The van der Waals surface area contributed by atoms with Gasteiger partial charge in [-0.3, -0.25) is 4.68 Å². The van der Waals surface area contributed by atoms with E-state index in [0.717, 1.165) is 17.0 Å². The average Bonchev–Trinajstić information content (AvgIpc) is 2.84. The monoisotopic (exact) mass is 295 g/mol. The molecule has 20 heavy (non-hydrogen) atoms. The molecule has 0 saturated carbocycles. The molecule has 6 heteroatoms. The second-order valence-electron chi connectivity index (χ2n) is 4.35. The Balaban J connectivity index is 2.09. The summed E-state index contributed by atoms with van der Waals surface area (Å²) in [6.45, 7) is 1.99. The fraction of sp³-hybridized carbons (Fsp3) is 0.357. The van der Waals surface area contributed by atoms with E-state index in [1.165, 1.54) is 17.8 Å². The highest BCUT2D eigenvalue weighted by Crippen LogP contribution is 2.32. The third-order valence-corrected chi connectivity index (χ3v) is 3.86. The lowest BCUT2D eigenvalue weighted by molar-refractivity contribution is 0.199. The van der Waals surface area contributed by atoms with Crippen LogP contribution in [0.4, 0.5) is 4.39 Å². The first-order chi connectivity index (χ1) is 9.70. The summed E-state index contributed by atoms with van der Waals surface area (Å²) in [6.07, 6.45) is 3.61. The van der Waals surface area contributed by atoms with Crippen LogP contribution in [0, 0.1) is 5.82 Å². The van der Waals surface area contributed by atoms with Crippen LogP contribution in [0.15, 0.2) is 40.4 Å². The van der Waals surface area contributed by atoms with E-state index in [0.29, 0.717) is 18.0 Å². The van der Waals surface area contributed by atoms with Crippen molar-refractivity contribution in [1.29, 1.82) is 0 Å². The van der Waals surface area contributed by atoms with Gasteiger partial charge in [-0.2, -0.15) is 5.10 Å². The molecule has 2 aromatic rings. The maximum Gasteiger partial charge on any atom is 0.137 e. The van der Waals surface area contributed by atoms with Gasteiger partial charge in [0.2, 0.25) is 0 Å². The summed E-state index contributed by atoms with van der Waals surface area (Å²) >= 11 is 1.40. The molecule has 1 N–H and O–H groups in total. The van der Waals surface area contributed by atoms with Crippen molar-refractivity contribution in [3.05, 3.63) is 42.0 Å². The van der Waals surface area contributed by atoms with Gasteiger partial charge in [0.1, 0.15) is 5.82 Å². The standard InChI is InChI=1S/C14H18FN3OS/c1-18-10-12(9-17-18)20-14-11(4-3-5-13(14)15)8-16-6-7-19-2/h3-5,9-10,16H,6-8H2,1-2H3. The van der Waals surface area contributed by atoms with Gasteiger partial charge in [0.15, 0.2) is 0 Å². The first-order valence-electron chi connectivity index (χ1n) is 6.34. The van der Waals surface area contributed by atoms with Crippen molar-refractivity contribution < 1.29 is 9.13 Å². The molecule has 0 radical (unpaired) electrons. The fourth-order valence-electron chi connectivity index (χ4n) is 1.77. The van der Waals surface area contributed by atoms with E-state index in [4.69, 9.17) is 4.74 Å². The summed E-state index contributed by atoms with van der Waals surface area (Å²) in [5.41, 5.74) is 0.940. The quantitative estimate of drug-likeness (QED) is 0.796. The molecule has 0 aliphatic heterocycles. The van der Waals surface area contributed by atoms with Gasteiger partial charge in [-0.1, -0.05) is 23.9 Å². The minimum absolute atomic E-state index is 0.204. The largest absolute Gasteiger partial charge is 0.383 e. The Morgan fingerprint density at radius 1 is 1.45 bits per heavy atom. The predicted molar refractivity (Wildman–Crippen MR) is 77.3 cm³/mol. The highest BCUT2D eigenvalue weighted by Gasteiger charge is 2.11. The molecule has 0 fully saturated rings. The third kappa shape index (κ3) is 4.06. The van der Waals surface area contributed by atoms with Crippen molar-refractivity contribution in [2.24, 2.45) is 7.05 Å². The van der Waals surface area contributed by atoms with Gasteiger partial charge in [0, 0.05) is 33.4 Å². The number of aromatic nitrogens is 2. The van der Waals surface area contributed by atoms with Gasteiger partial charge in [-0.15, -0.1) is 0 Å². The van der Waals surface area contributed by atoms with Crippen molar-refractivity contribution in [3.63, 3.8) is 0 Å². The van der Waals surface area contributed by atoms with Crippen LogP contribution in [0.5, 0.6) is 0 Å². The van der Waals surface area contributed by atoms with Gasteiger partial charge < -0.3 is 10.1 Å². The average molecular weight is 295 g/mol. The van der Waals surface area contributed by atoms with Crippen LogP contribution in [-0.2, 0) is 18.3 Å². The lowest BCUT2D eigenvalue weighted by Gasteiger charge is -2.10.